The molecule has 0 aliphatic carbocycles. The Bertz CT molecular complexity index is 628. The predicted octanol–water partition coefficient (Wildman–Crippen LogP) is 3.24. The lowest BCUT2D eigenvalue weighted by Gasteiger charge is -2.21. The second-order valence-corrected chi connectivity index (χ2v) is 5.31. The van der Waals surface area contributed by atoms with Gasteiger partial charge in [-0.15, -0.1) is 0 Å². The third kappa shape index (κ3) is 2.54. The second kappa shape index (κ2) is 5.41. The zero-order valence-corrected chi connectivity index (χ0v) is 12.4. The van der Waals surface area contributed by atoms with Crippen LogP contribution in [0.25, 0.3) is 0 Å². The van der Waals surface area contributed by atoms with Crippen LogP contribution in [-0.2, 0) is 0 Å². The number of benzene rings is 1. The molecule has 0 atom stereocenters. The van der Waals surface area contributed by atoms with Crippen molar-refractivity contribution in [1.29, 1.82) is 0 Å². The molecule has 2 N–H and O–H groups in total. The normalized spacial score (nSPS) is 10.8. The van der Waals surface area contributed by atoms with Crippen molar-refractivity contribution in [3.8, 4) is 0 Å². The van der Waals surface area contributed by atoms with Crippen LogP contribution >= 0.6 is 0 Å². The molecule has 0 saturated carbocycles. The van der Waals surface area contributed by atoms with Crippen molar-refractivity contribution in [2.45, 2.75) is 26.8 Å². The van der Waals surface area contributed by atoms with Gasteiger partial charge in [-0.05, 0) is 38.5 Å². The molecule has 2 rings (SSSR count). The summed E-state index contributed by atoms with van der Waals surface area (Å²) in [4.78, 5) is 14.4. The fourth-order valence-corrected chi connectivity index (χ4v) is 2.32. The fraction of sp³-hybridized carbons (Fsp3) is 0.312. The first-order valence-electron chi connectivity index (χ1n) is 6.73. The van der Waals surface area contributed by atoms with Gasteiger partial charge >= 0.3 is 0 Å². The highest BCUT2D eigenvalue weighted by Crippen LogP contribution is 2.23. The smallest absolute Gasteiger partial charge is 0.274 e. The molecule has 106 valence electrons. The number of hydrogen-bond acceptors (Lipinski definition) is 2. The summed E-state index contributed by atoms with van der Waals surface area (Å²) >= 11 is 0. The van der Waals surface area contributed by atoms with Crippen LogP contribution in [0.1, 0.15) is 35.9 Å². The van der Waals surface area contributed by atoms with Gasteiger partial charge in [-0.1, -0.05) is 18.2 Å². The van der Waals surface area contributed by atoms with Crippen molar-refractivity contribution in [2.75, 3.05) is 17.7 Å². The van der Waals surface area contributed by atoms with Gasteiger partial charge in [0.05, 0.1) is 5.69 Å². The number of aromatic nitrogens is 1. The second-order valence-electron chi connectivity index (χ2n) is 5.31. The molecule has 1 aromatic carbocycles. The fourth-order valence-electron chi connectivity index (χ4n) is 2.32. The Balaban J connectivity index is 2.39. The lowest BCUT2D eigenvalue weighted by atomic mass is 10.2. The minimum atomic E-state index is -0.0512. The summed E-state index contributed by atoms with van der Waals surface area (Å²) in [5.41, 5.74) is 9.04. The van der Waals surface area contributed by atoms with Gasteiger partial charge in [0.2, 0.25) is 0 Å². The van der Waals surface area contributed by atoms with E-state index in [1.807, 2.05) is 55.8 Å². The summed E-state index contributed by atoms with van der Waals surface area (Å²) in [5.74, 6) is -0.0512. The third-order valence-corrected chi connectivity index (χ3v) is 3.43. The zero-order chi connectivity index (χ0) is 14.9. The monoisotopic (exact) mass is 271 g/mol. The standard InChI is InChI=1S/C16H21N3O/c1-11(2)19-10-13(17)9-15(19)16(20)18(4)14-8-6-5-7-12(14)3/h5-11H,17H2,1-4H3. The Labute approximate surface area is 119 Å². The molecule has 1 heterocycles. The van der Waals surface area contributed by atoms with E-state index < -0.39 is 0 Å². The van der Waals surface area contributed by atoms with Crippen LogP contribution in [0.3, 0.4) is 0 Å². The summed E-state index contributed by atoms with van der Waals surface area (Å²) in [6.45, 7) is 6.06. The minimum absolute atomic E-state index is 0.0512. The van der Waals surface area contributed by atoms with Gasteiger partial charge in [0.1, 0.15) is 5.69 Å². The first-order valence-corrected chi connectivity index (χ1v) is 6.73. The average molecular weight is 271 g/mol. The van der Waals surface area contributed by atoms with Crippen LogP contribution in [0.15, 0.2) is 36.5 Å². The molecule has 0 bridgehead atoms. The van der Waals surface area contributed by atoms with E-state index in [1.54, 1.807) is 18.0 Å². The van der Waals surface area contributed by atoms with Gasteiger partial charge in [-0.2, -0.15) is 0 Å². The molecule has 2 aromatic rings. The van der Waals surface area contributed by atoms with E-state index in [0.717, 1.165) is 11.3 Å². The van der Waals surface area contributed by atoms with Gasteiger partial charge in [0.15, 0.2) is 0 Å². The van der Waals surface area contributed by atoms with Crippen LogP contribution in [0.5, 0.6) is 0 Å². The molecular formula is C16H21N3O. The molecule has 0 radical (unpaired) electrons. The molecule has 4 nitrogen and oxygen atoms in total. The van der Waals surface area contributed by atoms with Gasteiger partial charge in [0.25, 0.3) is 5.91 Å². The number of para-hydroxylation sites is 1. The topological polar surface area (TPSA) is 51.3 Å². The van der Waals surface area contributed by atoms with Crippen LogP contribution < -0.4 is 10.6 Å². The molecule has 0 aliphatic rings. The van der Waals surface area contributed by atoms with E-state index in [1.165, 1.54) is 0 Å². The third-order valence-electron chi connectivity index (χ3n) is 3.43. The van der Waals surface area contributed by atoms with Crippen molar-refractivity contribution < 1.29 is 4.79 Å². The SMILES string of the molecule is Cc1ccccc1N(C)C(=O)c1cc(N)cn1C(C)C. The van der Waals surface area contributed by atoms with E-state index in [-0.39, 0.29) is 11.9 Å². The predicted molar refractivity (Wildman–Crippen MR) is 83.1 cm³/mol. The Morgan fingerprint density at radius 3 is 2.55 bits per heavy atom. The summed E-state index contributed by atoms with van der Waals surface area (Å²) in [6, 6.07) is 9.76. The van der Waals surface area contributed by atoms with Crippen LogP contribution in [-0.4, -0.2) is 17.5 Å². The summed E-state index contributed by atoms with van der Waals surface area (Å²) in [7, 11) is 1.79. The van der Waals surface area contributed by atoms with Gasteiger partial charge in [0, 0.05) is 25.0 Å². The minimum Gasteiger partial charge on any atom is -0.397 e. The van der Waals surface area contributed by atoms with Crippen molar-refractivity contribution in [2.24, 2.45) is 0 Å². The maximum absolute atomic E-state index is 12.7. The Morgan fingerprint density at radius 2 is 1.95 bits per heavy atom. The van der Waals surface area contributed by atoms with Crippen molar-refractivity contribution in [3.05, 3.63) is 47.8 Å². The molecule has 1 aromatic heterocycles. The van der Waals surface area contributed by atoms with E-state index in [4.69, 9.17) is 5.73 Å². The summed E-state index contributed by atoms with van der Waals surface area (Å²) in [6.07, 6.45) is 1.81. The van der Waals surface area contributed by atoms with Crippen molar-refractivity contribution in [1.82, 2.24) is 4.57 Å². The molecule has 4 heteroatoms. The van der Waals surface area contributed by atoms with Gasteiger partial charge in [-0.3, -0.25) is 4.79 Å². The lowest BCUT2D eigenvalue weighted by molar-refractivity contribution is 0.0982. The number of carbonyl (C=O) groups excluding carboxylic acids is 1. The first-order chi connectivity index (χ1) is 9.41. The molecule has 0 fully saturated rings. The highest BCUT2D eigenvalue weighted by Gasteiger charge is 2.20. The highest BCUT2D eigenvalue weighted by atomic mass is 16.2. The molecule has 0 saturated heterocycles. The van der Waals surface area contributed by atoms with Crippen LogP contribution in [0, 0.1) is 6.92 Å². The van der Waals surface area contributed by atoms with E-state index >= 15 is 0 Å². The molecule has 0 unspecified atom stereocenters. The number of anilines is 2. The molecule has 0 spiro atoms. The van der Waals surface area contributed by atoms with Gasteiger partial charge in [-0.25, -0.2) is 0 Å². The number of aryl methyl sites for hydroxylation is 1. The number of rotatable bonds is 3. The lowest BCUT2D eigenvalue weighted by Crippen LogP contribution is -2.29. The molecular weight excluding hydrogens is 250 g/mol. The zero-order valence-electron chi connectivity index (χ0n) is 12.4. The number of nitrogens with two attached hydrogens (primary N) is 1. The van der Waals surface area contributed by atoms with Crippen LogP contribution in [0.2, 0.25) is 0 Å². The van der Waals surface area contributed by atoms with Crippen molar-refractivity contribution >= 4 is 17.3 Å². The van der Waals surface area contributed by atoms with E-state index in [0.29, 0.717) is 11.4 Å². The number of amides is 1. The van der Waals surface area contributed by atoms with Crippen molar-refractivity contribution in [3.63, 3.8) is 0 Å². The highest BCUT2D eigenvalue weighted by molar-refractivity contribution is 6.05. The molecule has 0 aliphatic heterocycles. The summed E-state index contributed by atoms with van der Waals surface area (Å²) < 4.78 is 1.91. The maximum Gasteiger partial charge on any atom is 0.274 e. The quantitative estimate of drug-likeness (QED) is 0.931. The van der Waals surface area contributed by atoms with E-state index in [9.17, 15) is 4.79 Å². The number of nitrogen functional groups attached to an aromatic ring is 1. The largest absolute Gasteiger partial charge is 0.397 e. The van der Waals surface area contributed by atoms with Gasteiger partial charge < -0.3 is 15.2 Å². The average Bonchev–Trinajstić information content (AvgIpc) is 2.80. The first kappa shape index (κ1) is 14.2. The van der Waals surface area contributed by atoms with E-state index in [2.05, 4.69) is 0 Å². The summed E-state index contributed by atoms with van der Waals surface area (Å²) in [5, 5.41) is 0. The number of carbonyl (C=O) groups is 1. The number of hydrogen-bond donors (Lipinski definition) is 1. The van der Waals surface area contributed by atoms with Crippen LogP contribution in [0.4, 0.5) is 11.4 Å². The molecule has 20 heavy (non-hydrogen) atoms. The Hall–Kier alpha value is -2.23. The Kier molecular flexibility index (Phi) is 3.84. The maximum atomic E-state index is 12.7. The molecule has 1 amide bonds. The Morgan fingerprint density at radius 1 is 1.30 bits per heavy atom. The number of nitrogens with zero attached hydrogens (tertiary/aromatic N) is 2.